The van der Waals surface area contributed by atoms with Crippen LogP contribution in [0.5, 0.6) is 11.5 Å². The second-order valence-electron chi connectivity index (χ2n) is 8.61. The molecule has 7 nitrogen and oxygen atoms in total. The lowest BCUT2D eigenvalue weighted by molar-refractivity contribution is -0.146. The molecule has 0 heterocycles. The van der Waals surface area contributed by atoms with Gasteiger partial charge in [0.1, 0.15) is 11.5 Å². The van der Waals surface area contributed by atoms with E-state index in [-0.39, 0.29) is 18.0 Å². The summed E-state index contributed by atoms with van der Waals surface area (Å²) < 4.78 is 44.5. The second-order valence-corrected chi connectivity index (χ2v) is 10.6. The van der Waals surface area contributed by atoms with Gasteiger partial charge in [0.2, 0.25) is 10.0 Å². The average Bonchev–Trinajstić information content (AvgIpc) is 2.88. The van der Waals surface area contributed by atoms with E-state index in [1.165, 1.54) is 11.4 Å². The molecule has 0 unspecified atom stereocenters. The molecular formula is C27H31NO6S. The van der Waals surface area contributed by atoms with Crippen molar-refractivity contribution in [2.75, 3.05) is 21.3 Å². The quantitative estimate of drug-likeness (QED) is 0.383. The summed E-state index contributed by atoms with van der Waals surface area (Å²) in [5, 5.41) is 0. The van der Waals surface area contributed by atoms with Crippen molar-refractivity contribution >= 4 is 16.0 Å². The van der Waals surface area contributed by atoms with Crippen LogP contribution in [0.3, 0.4) is 0 Å². The third-order valence-electron chi connectivity index (χ3n) is 5.93. The maximum atomic E-state index is 13.9. The molecule has 0 radical (unpaired) electrons. The first-order valence-corrected chi connectivity index (χ1v) is 12.5. The van der Waals surface area contributed by atoms with Gasteiger partial charge in [-0.1, -0.05) is 36.4 Å². The highest BCUT2D eigenvalue weighted by Gasteiger charge is 2.33. The van der Waals surface area contributed by atoms with E-state index in [2.05, 4.69) is 0 Å². The Morgan fingerprint density at radius 1 is 0.800 bits per heavy atom. The largest absolute Gasteiger partial charge is 0.497 e. The molecule has 3 rings (SSSR count). The third kappa shape index (κ3) is 6.01. The Morgan fingerprint density at radius 2 is 1.29 bits per heavy atom. The number of methoxy groups -OCH3 is 3. The van der Waals surface area contributed by atoms with Crippen LogP contribution in [0.2, 0.25) is 0 Å². The predicted octanol–water partition coefficient (Wildman–Crippen LogP) is 4.55. The summed E-state index contributed by atoms with van der Waals surface area (Å²) in [6.07, 6.45) is 0. The lowest BCUT2D eigenvalue weighted by Gasteiger charge is -2.25. The minimum atomic E-state index is -3.93. The Kier molecular flexibility index (Phi) is 8.19. The lowest BCUT2D eigenvalue weighted by Crippen LogP contribution is -2.32. The van der Waals surface area contributed by atoms with Gasteiger partial charge in [0, 0.05) is 13.1 Å². The van der Waals surface area contributed by atoms with E-state index in [1.807, 2.05) is 24.3 Å². The Labute approximate surface area is 207 Å². The molecule has 0 aliphatic carbocycles. The molecule has 0 aliphatic heterocycles. The van der Waals surface area contributed by atoms with Gasteiger partial charge in [-0.3, -0.25) is 4.79 Å². The van der Waals surface area contributed by atoms with Gasteiger partial charge in [-0.15, -0.1) is 0 Å². The van der Waals surface area contributed by atoms with Gasteiger partial charge in [-0.05, 0) is 66.9 Å². The summed E-state index contributed by atoms with van der Waals surface area (Å²) in [5.74, 6) is 0.937. The smallest absolute Gasteiger partial charge is 0.315 e. The molecule has 0 spiro atoms. The summed E-state index contributed by atoms with van der Waals surface area (Å²) >= 11 is 0. The molecule has 0 saturated carbocycles. The van der Waals surface area contributed by atoms with Gasteiger partial charge < -0.3 is 14.2 Å². The number of rotatable bonds is 10. The molecule has 186 valence electrons. The Hall–Kier alpha value is -3.36. The van der Waals surface area contributed by atoms with Crippen molar-refractivity contribution in [1.29, 1.82) is 0 Å². The zero-order valence-corrected chi connectivity index (χ0v) is 21.5. The molecule has 0 aromatic heterocycles. The van der Waals surface area contributed by atoms with E-state index in [1.54, 1.807) is 76.6 Å². The number of carbonyl (C=O) groups excluding carboxylic acids is 1. The number of hydrogen-bond acceptors (Lipinski definition) is 6. The summed E-state index contributed by atoms with van der Waals surface area (Å²) in [7, 11) is 0.553. The van der Waals surface area contributed by atoms with E-state index in [0.29, 0.717) is 17.1 Å². The van der Waals surface area contributed by atoms with Crippen molar-refractivity contribution in [3.8, 4) is 11.5 Å². The topological polar surface area (TPSA) is 82.1 Å². The molecule has 3 aromatic rings. The third-order valence-corrected chi connectivity index (χ3v) is 7.71. The molecule has 35 heavy (non-hydrogen) atoms. The highest BCUT2D eigenvalue weighted by atomic mass is 32.2. The van der Waals surface area contributed by atoms with Gasteiger partial charge in [0.15, 0.2) is 0 Å². The number of ether oxygens (including phenoxy) is 3. The summed E-state index contributed by atoms with van der Waals surface area (Å²) in [6, 6.07) is 21.0. The van der Waals surface area contributed by atoms with Crippen LogP contribution in [0.25, 0.3) is 0 Å². The average molecular weight is 498 g/mol. The van der Waals surface area contributed by atoms with Gasteiger partial charge >= 0.3 is 5.97 Å². The van der Waals surface area contributed by atoms with Crippen LogP contribution in [0.4, 0.5) is 0 Å². The molecule has 0 aliphatic rings. The van der Waals surface area contributed by atoms with Gasteiger partial charge in [-0.2, -0.15) is 4.31 Å². The van der Waals surface area contributed by atoms with E-state index in [9.17, 15) is 13.2 Å². The summed E-state index contributed by atoms with van der Waals surface area (Å²) in [6.45, 7) is 3.72. The zero-order valence-electron chi connectivity index (χ0n) is 20.6. The Morgan fingerprint density at radius 3 is 1.71 bits per heavy atom. The minimum Gasteiger partial charge on any atom is -0.497 e. The van der Waals surface area contributed by atoms with Gasteiger partial charge in [0.25, 0.3) is 0 Å². The Bertz CT molecular complexity index is 1200. The molecule has 3 aromatic carbocycles. The lowest BCUT2D eigenvalue weighted by atomic mass is 9.85. The van der Waals surface area contributed by atoms with E-state index in [0.717, 1.165) is 11.1 Å². The number of hydrogen-bond donors (Lipinski definition) is 0. The molecular weight excluding hydrogens is 466 g/mol. The van der Waals surface area contributed by atoms with Crippen molar-refractivity contribution in [3.63, 3.8) is 0 Å². The van der Waals surface area contributed by atoms with Crippen molar-refractivity contribution < 1.29 is 27.4 Å². The van der Waals surface area contributed by atoms with Crippen molar-refractivity contribution in [1.82, 2.24) is 4.31 Å². The van der Waals surface area contributed by atoms with Crippen LogP contribution in [-0.2, 0) is 38.1 Å². The van der Waals surface area contributed by atoms with Gasteiger partial charge in [-0.25, -0.2) is 8.42 Å². The van der Waals surface area contributed by atoms with Crippen LogP contribution in [0, 0.1) is 0 Å². The van der Waals surface area contributed by atoms with E-state index < -0.39 is 21.4 Å². The standard InChI is InChI=1S/C27H31NO6S/c1-27(2,26(29)34-5)22-7-6-8-25(17-22)35(30,31)28(18-20-9-13-23(32-3)14-10-20)19-21-11-15-24(33-4)16-12-21/h6-17H,18-19H2,1-5H3. The number of benzene rings is 3. The fourth-order valence-electron chi connectivity index (χ4n) is 3.66. The van der Waals surface area contributed by atoms with Crippen LogP contribution >= 0.6 is 0 Å². The molecule has 0 atom stereocenters. The first kappa shape index (κ1) is 26.2. The highest BCUT2D eigenvalue weighted by molar-refractivity contribution is 7.89. The Balaban J connectivity index is 2.01. The molecule has 0 amide bonds. The summed E-state index contributed by atoms with van der Waals surface area (Å²) in [4.78, 5) is 12.4. The normalized spacial score (nSPS) is 11.8. The van der Waals surface area contributed by atoms with Crippen molar-refractivity contribution in [2.45, 2.75) is 37.2 Å². The number of sulfonamides is 1. The molecule has 8 heteroatoms. The molecule has 0 bridgehead atoms. The second kappa shape index (κ2) is 10.9. The maximum Gasteiger partial charge on any atom is 0.315 e. The number of esters is 1. The maximum absolute atomic E-state index is 13.9. The van der Waals surface area contributed by atoms with Crippen LogP contribution < -0.4 is 9.47 Å². The first-order chi connectivity index (χ1) is 16.6. The fraction of sp³-hybridized carbons (Fsp3) is 0.296. The number of carbonyl (C=O) groups is 1. The van der Waals surface area contributed by atoms with Crippen molar-refractivity contribution in [2.24, 2.45) is 0 Å². The first-order valence-electron chi connectivity index (χ1n) is 11.1. The van der Waals surface area contributed by atoms with Crippen molar-refractivity contribution in [3.05, 3.63) is 89.5 Å². The molecule has 0 saturated heterocycles. The molecule has 0 fully saturated rings. The monoisotopic (exact) mass is 497 g/mol. The highest BCUT2D eigenvalue weighted by Crippen LogP contribution is 2.29. The van der Waals surface area contributed by atoms with Gasteiger partial charge in [0.05, 0.1) is 31.6 Å². The molecule has 0 N–H and O–H groups in total. The minimum absolute atomic E-state index is 0.106. The SMILES string of the molecule is COC(=O)C(C)(C)c1cccc(S(=O)(=O)N(Cc2ccc(OC)cc2)Cc2ccc(OC)cc2)c1. The predicted molar refractivity (Wildman–Crippen MR) is 134 cm³/mol. The van der Waals surface area contributed by atoms with E-state index >= 15 is 0 Å². The zero-order chi connectivity index (χ0) is 25.6. The van der Waals surface area contributed by atoms with Crippen LogP contribution in [-0.4, -0.2) is 40.0 Å². The summed E-state index contributed by atoms with van der Waals surface area (Å²) in [5.41, 5.74) is 1.18. The number of nitrogens with zero attached hydrogens (tertiary/aromatic N) is 1. The van der Waals surface area contributed by atoms with E-state index in [4.69, 9.17) is 14.2 Å². The van der Waals surface area contributed by atoms with Crippen LogP contribution in [0.1, 0.15) is 30.5 Å². The van der Waals surface area contributed by atoms with Crippen LogP contribution in [0.15, 0.2) is 77.7 Å². The fourth-order valence-corrected chi connectivity index (χ4v) is 5.13.